The third-order valence-electron chi connectivity index (χ3n) is 5.14. The number of hydrogen-bond donors (Lipinski definition) is 2. The number of benzene rings is 1. The fourth-order valence-corrected chi connectivity index (χ4v) is 5.52. The third-order valence-corrected chi connectivity index (χ3v) is 7.88. The average molecular weight is 452 g/mol. The van der Waals surface area contributed by atoms with E-state index in [9.17, 15) is 13.2 Å². The number of carbonyl (C=O) groups is 1. The summed E-state index contributed by atoms with van der Waals surface area (Å²) in [6.45, 7) is 9.65. The van der Waals surface area contributed by atoms with Crippen LogP contribution in [0.4, 0.5) is 10.8 Å². The predicted molar refractivity (Wildman–Crippen MR) is 119 cm³/mol. The van der Waals surface area contributed by atoms with Crippen LogP contribution in [0, 0.1) is 11.8 Å². The third kappa shape index (κ3) is 5.55. The van der Waals surface area contributed by atoms with Gasteiger partial charge < -0.3 is 10.2 Å². The molecule has 1 saturated heterocycles. The van der Waals surface area contributed by atoms with Crippen molar-refractivity contribution in [1.29, 1.82) is 0 Å². The van der Waals surface area contributed by atoms with Crippen molar-refractivity contribution >= 4 is 38.1 Å². The van der Waals surface area contributed by atoms with Crippen molar-refractivity contribution in [2.75, 3.05) is 23.3 Å². The molecule has 2 atom stereocenters. The average Bonchev–Trinajstić information content (AvgIpc) is 3.17. The van der Waals surface area contributed by atoms with Crippen molar-refractivity contribution in [3.05, 3.63) is 29.8 Å². The van der Waals surface area contributed by atoms with Crippen LogP contribution in [0.1, 0.15) is 52.1 Å². The van der Waals surface area contributed by atoms with Gasteiger partial charge in [-0.25, -0.2) is 13.1 Å². The van der Waals surface area contributed by atoms with E-state index in [4.69, 9.17) is 0 Å². The van der Waals surface area contributed by atoms with Crippen molar-refractivity contribution in [3.63, 3.8) is 0 Å². The molecule has 3 rings (SSSR count). The SMILES string of the molecule is CC(C)C(=O)Nc1nnc(S(=O)(=O)N[C@H](C)c2ccc(N3CCC[C@H](C)C3)cc2)s1. The van der Waals surface area contributed by atoms with Gasteiger partial charge in [0.25, 0.3) is 10.0 Å². The number of nitrogens with zero attached hydrogens (tertiary/aromatic N) is 3. The largest absolute Gasteiger partial charge is 0.371 e. The van der Waals surface area contributed by atoms with Crippen LogP contribution < -0.4 is 14.9 Å². The van der Waals surface area contributed by atoms with Crippen LogP contribution in [0.25, 0.3) is 0 Å². The lowest BCUT2D eigenvalue weighted by Crippen LogP contribution is -2.34. The minimum atomic E-state index is -3.85. The zero-order chi connectivity index (χ0) is 21.9. The van der Waals surface area contributed by atoms with Gasteiger partial charge in [-0.1, -0.05) is 44.2 Å². The molecule has 2 N–H and O–H groups in total. The number of amides is 1. The second kappa shape index (κ2) is 9.40. The van der Waals surface area contributed by atoms with Crippen LogP contribution in [-0.4, -0.2) is 37.6 Å². The molecule has 10 heteroatoms. The molecule has 1 aliphatic rings. The van der Waals surface area contributed by atoms with E-state index in [-0.39, 0.29) is 21.3 Å². The lowest BCUT2D eigenvalue weighted by molar-refractivity contribution is -0.118. The number of sulfonamides is 1. The molecule has 1 amide bonds. The Morgan fingerprint density at radius 2 is 1.90 bits per heavy atom. The molecule has 0 unspecified atom stereocenters. The minimum Gasteiger partial charge on any atom is -0.371 e. The monoisotopic (exact) mass is 451 g/mol. The van der Waals surface area contributed by atoms with Gasteiger partial charge in [0.1, 0.15) is 0 Å². The van der Waals surface area contributed by atoms with Gasteiger partial charge in [-0.2, -0.15) is 0 Å². The molecule has 2 heterocycles. The summed E-state index contributed by atoms with van der Waals surface area (Å²) in [5, 5.41) is 10.2. The Morgan fingerprint density at radius 1 is 1.20 bits per heavy atom. The zero-order valence-corrected chi connectivity index (χ0v) is 19.4. The molecule has 0 spiro atoms. The molecule has 30 heavy (non-hydrogen) atoms. The van der Waals surface area contributed by atoms with Crippen molar-refractivity contribution < 1.29 is 13.2 Å². The smallest absolute Gasteiger partial charge is 0.270 e. The molecule has 0 radical (unpaired) electrons. The summed E-state index contributed by atoms with van der Waals surface area (Å²) in [4.78, 5) is 14.1. The molecular weight excluding hydrogens is 422 g/mol. The van der Waals surface area contributed by atoms with E-state index >= 15 is 0 Å². The summed E-state index contributed by atoms with van der Waals surface area (Å²) in [5.41, 5.74) is 2.03. The Labute approximate surface area is 182 Å². The fraction of sp³-hybridized carbons (Fsp3) is 0.550. The number of hydrogen-bond acceptors (Lipinski definition) is 7. The summed E-state index contributed by atoms with van der Waals surface area (Å²) in [7, 11) is -3.85. The highest BCUT2D eigenvalue weighted by atomic mass is 32.2. The van der Waals surface area contributed by atoms with Gasteiger partial charge in [-0.15, -0.1) is 10.2 Å². The molecule has 0 aliphatic carbocycles. The second-order valence-corrected chi connectivity index (χ2v) is 11.0. The Balaban J connectivity index is 1.65. The van der Waals surface area contributed by atoms with E-state index in [1.54, 1.807) is 20.8 Å². The first-order valence-electron chi connectivity index (χ1n) is 10.2. The normalized spacial score (nSPS) is 18.4. The van der Waals surface area contributed by atoms with Crippen molar-refractivity contribution in [1.82, 2.24) is 14.9 Å². The molecule has 0 saturated carbocycles. The van der Waals surface area contributed by atoms with Gasteiger partial charge in [-0.3, -0.25) is 4.79 Å². The maximum absolute atomic E-state index is 12.7. The maximum Gasteiger partial charge on any atom is 0.270 e. The highest BCUT2D eigenvalue weighted by Gasteiger charge is 2.24. The van der Waals surface area contributed by atoms with E-state index in [1.807, 2.05) is 24.3 Å². The van der Waals surface area contributed by atoms with Gasteiger partial charge in [-0.05, 0) is 43.4 Å². The molecule has 164 valence electrons. The van der Waals surface area contributed by atoms with Crippen molar-refractivity contribution in [2.24, 2.45) is 11.8 Å². The van der Waals surface area contributed by atoms with E-state index in [2.05, 4.69) is 32.1 Å². The van der Waals surface area contributed by atoms with E-state index < -0.39 is 16.1 Å². The summed E-state index contributed by atoms with van der Waals surface area (Å²) in [5.74, 6) is 0.217. The topological polar surface area (TPSA) is 104 Å². The second-order valence-electron chi connectivity index (χ2n) is 8.14. The number of aromatic nitrogens is 2. The molecule has 1 aliphatic heterocycles. The summed E-state index contributed by atoms with van der Waals surface area (Å²) < 4.78 is 27.8. The zero-order valence-electron chi connectivity index (χ0n) is 17.8. The highest BCUT2D eigenvalue weighted by molar-refractivity contribution is 7.91. The Hall–Kier alpha value is -2.04. The number of nitrogens with one attached hydrogen (secondary N) is 2. The van der Waals surface area contributed by atoms with Crippen LogP contribution >= 0.6 is 11.3 Å². The molecule has 1 fully saturated rings. The Morgan fingerprint density at radius 3 is 2.53 bits per heavy atom. The predicted octanol–water partition coefficient (Wildman–Crippen LogP) is 3.41. The highest BCUT2D eigenvalue weighted by Crippen LogP contribution is 2.26. The number of anilines is 2. The molecule has 1 aromatic heterocycles. The van der Waals surface area contributed by atoms with Gasteiger partial charge >= 0.3 is 0 Å². The number of piperidine rings is 1. The van der Waals surface area contributed by atoms with Crippen LogP contribution in [0.15, 0.2) is 28.6 Å². The fourth-order valence-electron chi connectivity index (χ4n) is 3.37. The minimum absolute atomic E-state index is 0.168. The van der Waals surface area contributed by atoms with Gasteiger partial charge in [0.15, 0.2) is 0 Å². The first-order chi connectivity index (χ1) is 14.2. The summed E-state index contributed by atoms with van der Waals surface area (Å²) in [6.07, 6.45) is 2.46. The first kappa shape index (κ1) is 22.6. The van der Waals surface area contributed by atoms with E-state index in [0.717, 1.165) is 35.7 Å². The molecule has 0 bridgehead atoms. The molecule has 8 nitrogen and oxygen atoms in total. The van der Waals surface area contributed by atoms with Crippen molar-refractivity contribution in [3.8, 4) is 0 Å². The van der Waals surface area contributed by atoms with Gasteiger partial charge in [0, 0.05) is 30.7 Å². The quantitative estimate of drug-likeness (QED) is 0.625. The standard InChI is InChI=1S/C20H29N5O3S2/c1-13(2)18(26)21-19-22-23-20(29-19)30(27,28)24-15(4)16-7-9-17(10-8-16)25-11-5-6-14(3)12-25/h7-10,13-15,24H,5-6,11-12H2,1-4H3,(H,21,22,26)/t14-,15+/m0/s1. The van der Waals surface area contributed by atoms with Crippen molar-refractivity contribution in [2.45, 2.75) is 50.9 Å². The maximum atomic E-state index is 12.7. The number of rotatable bonds is 7. The Kier molecular flexibility index (Phi) is 7.10. The van der Waals surface area contributed by atoms with E-state index in [0.29, 0.717) is 5.92 Å². The molecule has 1 aromatic carbocycles. The van der Waals surface area contributed by atoms with Crippen LogP contribution in [0.3, 0.4) is 0 Å². The van der Waals surface area contributed by atoms with Gasteiger partial charge in [0.05, 0.1) is 0 Å². The lowest BCUT2D eigenvalue weighted by Gasteiger charge is -2.33. The number of carbonyl (C=O) groups excluding carboxylic acids is 1. The lowest BCUT2D eigenvalue weighted by atomic mass is 9.99. The first-order valence-corrected chi connectivity index (χ1v) is 12.5. The summed E-state index contributed by atoms with van der Waals surface area (Å²) >= 11 is 0.833. The summed E-state index contributed by atoms with van der Waals surface area (Å²) in [6, 6.07) is 7.57. The van der Waals surface area contributed by atoms with E-state index in [1.165, 1.54) is 12.8 Å². The molecule has 2 aromatic rings. The van der Waals surface area contributed by atoms with Crippen LogP contribution in [0.5, 0.6) is 0 Å². The van der Waals surface area contributed by atoms with Gasteiger partial charge in [0.2, 0.25) is 15.4 Å². The van der Waals surface area contributed by atoms with Crippen LogP contribution in [-0.2, 0) is 14.8 Å². The van der Waals surface area contributed by atoms with Crippen LogP contribution in [0.2, 0.25) is 0 Å². The molecular formula is C20H29N5O3S2. The Bertz CT molecular complexity index is 973.